The Morgan fingerprint density at radius 2 is 1.57 bits per heavy atom. The predicted molar refractivity (Wildman–Crippen MR) is 77.5 cm³/mol. The van der Waals surface area contributed by atoms with Crippen LogP contribution in [0.15, 0.2) is 53.4 Å². The van der Waals surface area contributed by atoms with E-state index in [1.165, 1.54) is 18.2 Å². The first-order chi connectivity index (χ1) is 9.34. The molecule has 8 heteroatoms. The zero-order chi connectivity index (χ0) is 15.2. The zero-order valence-electron chi connectivity index (χ0n) is 11.0. The number of hydrogen-bond donors (Lipinski definition) is 1. The first kappa shape index (κ1) is 20.6. The van der Waals surface area contributed by atoms with Gasteiger partial charge in [0.2, 0.25) is 0 Å². The molecule has 4 nitrogen and oxygen atoms in total. The second-order valence-corrected chi connectivity index (χ2v) is 5.78. The third-order valence-electron chi connectivity index (χ3n) is 2.08. The number of carbonyl (C=O) groups excluding carboxylic acids is 1. The van der Waals surface area contributed by atoms with E-state index in [-0.39, 0.29) is 34.5 Å². The summed E-state index contributed by atoms with van der Waals surface area (Å²) in [6, 6.07) is 12.1. The van der Waals surface area contributed by atoms with Crippen LogP contribution in [-0.4, -0.2) is 19.3 Å². The predicted octanol–water partition coefficient (Wildman–Crippen LogP) is 0.389. The molecule has 0 saturated carbocycles. The maximum atomic E-state index is 10.4. The molecule has 0 aliphatic carbocycles. The first-order valence-electron chi connectivity index (χ1n) is 5.20. The van der Waals surface area contributed by atoms with Crippen LogP contribution in [0.1, 0.15) is 5.56 Å². The fraction of sp³-hybridized carbons (Fsp3) is 0. The monoisotopic (exact) mass is 354 g/mol. The van der Waals surface area contributed by atoms with Gasteiger partial charge in [-0.15, -0.1) is 11.6 Å². The molecule has 2 aromatic carbocycles. The van der Waals surface area contributed by atoms with Gasteiger partial charge in [0, 0.05) is 0 Å². The van der Waals surface area contributed by atoms with Crippen LogP contribution < -0.4 is 29.6 Å². The van der Waals surface area contributed by atoms with Crippen LogP contribution in [0.25, 0.3) is 0 Å². The van der Waals surface area contributed by atoms with E-state index >= 15 is 0 Å². The van der Waals surface area contributed by atoms with Crippen molar-refractivity contribution in [1.82, 2.24) is 0 Å². The third-order valence-corrected chi connectivity index (χ3v) is 3.51. The number of benzene rings is 2. The molecule has 0 spiro atoms. The maximum Gasteiger partial charge on any atom is 1.00 e. The van der Waals surface area contributed by atoms with Gasteiger partial charge in [-0.3, -0.25) is 4.55 Å². The van der Waals surface area contributed by atoms with E-state index in [9.17, 15) is 13.2 Å². The van der Waals surface area contributed by atoms with Crippen molar-refractivity contribution in [1.29, 1.82) is 0 Å². The topological polar surface area (TPSA) is 71.4 Å². The molecule has 0 aliphatic heterocycles. The summed E-state index contributed by atoms with van der Waals surface area (Å²) in [5.41, 5.74) is 0.300. The van der Waals surface area contributed by atoms with E-state index in [4.69, 9.17) is 27.8 Å². The minimum Gasteiger partial charge on any atom is -0.376 e. The van der Waals surface area contributed by atoms with Crippen LogP contribution in [0.2, 0.25) is 10.0 Å². The van der Waals surface area contributed by atoms with Crippen LogP contribution in [0.4, 0.5) is 0 Å². The summed E-state index contributed by atoms with van der Waals surface area (Å²) in [4.78, 5) is 10.0. The van der Waals surface area contributed by atoms with Gasteiger partial charge >= 0.3 is 29.6 Å². The molecule has 0 atom stereocenters. The Balaban J connectivity index is 0.000000364. The van der Waals surface area contributed by atoms with Crippen molar-refractivity contribution < 1.29 is 47.3 Å². The quantitative estimate of drug-likeness (QED) is 0.481. The number of hydrogen-bond acceptors (Lipinski definition) is 3. The van der Waals surface area contributed by atoms with Crippen LogP contribution in [0.3, 0.4) is 0 Å². The van der Waals surface area contributed by atoms with Gasteiger partial charge in [0.1, 0.15) is 0 Å². The average Bonchev–Trinajstić information content (AvgIpc) is 2.42. The van der Waals surface area contributed by atoms with Crippen molar-refractivity contribution in [3.63, 3.8) is 0 Å². The van der Waals surface area contributed by atoms with Crippen molar-refractivity contribution >= 4 is 39.6 Å². The second-order valence-electron chi connectivity index (χ2n) is 3.51. The Bertz CT molecular complexity index is 691. The van der Waals surface area contributed by atoms with Gasteiger partial charge in [0.25, 0.3) is 10.1 Å². The van der Waals surface area contributed by atoms with E-state index in [1.807, 2.05) is 0 Å². The van der Waals surface area contributed by atoms with Crippen molar-refractivity contribution in [2.75, 3.05) is 0 Å². The molecule has 0 aliphatic rings. The summed E-state index contributed by atoms with van der Waals surface area (Å²) in [7, 11) is -4.00. The van der Waals surface area contributed by atoms with Crippen LogP contribution in [0, 0.1) is 0 Å². The molecule has 0 saturated heterocycles. The Morgan fingerprint density at radius 1 is 1.00 bits per heavy atom. The Hall–Kier alpha value is -0.400. The summed E-state index contributed by atoms with van der Waals surface area (Å²) in [5.74, 6) is 0. The van der Waals surface area contributed by atoms with E-state index in [0.717, 1.165) is 0 Å². The first-order valence-corrected chi connectivity index (χ1v) is 7.40. The van der Waals surface area contributed by atoms with Crippen molar-refractivity contribution in [3.8, 4) is 0 Å². The van der Waals surface area contributed by atoms with Crippen LogP contribution in [-0.2, 0) is 14.9 Å². The van der Waals surface area contributed by atoms with Gasteiger partial charge in [-0.2, -0.15) is 20.0 Å². The Labute approximate surface area is 155 Å². The Kier molecular flexibility index (Phi) is 9.40. The minimum atomic E-state index is -4.00. The standard InChI is InChI=1S/C7H3Cl2O.C6H6O3S.Na/c8-6-1-2-7(9)5(3-6)4-10;7-10(8,9)6-4-2-1-3-5-6;/h1-3H;1-5H,(H,7,8,9);/q-1;;+1. The average molecular weight is 355 g/mol. The fourth-order valence-electron chi connectivity index (χ4n) is 1.17. The molecular weight excluding hydrogens is 346 g/mol. The third kappa shape index (κ3) is 7.42. The normalized spacial score (nSPS) is 9.86. The molecule has 2 aromatic rings. The van der Waals surface area contributed by atoms with Crippen molar-refractivity contribution in [3.05, 3.63) is 64.1 Å². The molecule has 0 fully saturated rings. The number of rotatable bonds is 2. The SMILES string of the molecule is O=S(=O)(O)c1ccccc1.O=[C-]c1cc(Cl)ccc1Cl.[Na+]. The van der Waals surface area contributed by atoms with Gasteiger partial charge < -0.3 is 4.79 Å². The molecule has 0 aromatic heterocycles. The van der Waals surface area contributed by atoms with Crippen molar-refractivity contribution in [2.45, 2.75) is 4.90 Å². The largest absolute Gasteiger partial charge is 1.00 e. The fourth-order valence-corrected chi connectivity index (χ4v) is 2.00. The van der Waals surface area contributed by atoms with Gasteiger partial charge in [-0.1, -0.05) is 47.0 Å². The molecule has 0 bridgehead atoms. The molecule has 21 heavy (non-hydrogen) atoms. The summed E-state index contributed by atoms with van der Waals surface area (Å²) >= 11 is 11.1. The van der Waals surface area contributed by atoms with Crippen LogP contribution >= 0.6 is 23.2 Å². The van der Waals surface area contributed by atoms with Gasteiger partial charge in [0.05, 0.1) is 11.2 Å². The smallest absolute Gasteiger partial charge is 0.376 e. The van der Waals surface area contributed by atoms with E-state index < -0.39 is 10.1 Å². The van der Waals surface area contributed by atoms with Gasteiger partial charge in [-0.05, 0) is 17.2 Å². The van der Waals surface area contributed by atoms with Gasteiger partial charge in [0.15, 0.2) is 0 Å². The molecule has 0 unspecified atom stereocenters. The number of halogens is 2. The van der Waals surface area contributed by atoms with E-state index in [0.29, 0.717) is 15.6 Å². The molecule has 0 radical (unpaired) electrons. The minimum absolute atomic E-state index is 0. The zero-order valence-corrected chi connectivity index (χ0v) is 15.3. The molecule has 0 heterocycles. The molecule has 106 valence electrons. The summed E-state index contributed by atoms with van der Waals surface area (Å²) in [6.45, 7) is 0. The molecule has 0 amide bonds. The van der Waals surface area contributed by atoms with Crippen molar-refractivity contribution in [2.24, 2.45) is 0 Å². The maximum absolute atomic E-state index is 10.4. The summed E-state index contributed by atoms with van der Waals surface area (Å²) in [6.07, 6.45) is 1.67. The molecule has 2 rings (SSSR count). The summed E-state index contributed by atoms with van der Waals surface area (Å²) in [5, 5.41) is 0.863. The molecule has 1 N–H and O–H groups in total. The van der Waals surface area contributed by atoms with Crippen LogP contribution in [0.5, 0.6) is 0 Å². The Morgan fingerprint density at radius 3 is 1.95 bits per heavy atom. The molecular formula is C13H9Cl2NaO4S. The second kappa shape index (κ2) is 9.58. The van der Waals surface area contributed by atoms with E-state index in [1.54, 1.807) is 36.6 Å². The van der Waals surface area contributed by atoms with E-state index in [2.05, 4.69) is 0 Å². The summed E-state index contributed by atoms with van der Waals surface area (Å²) < 4.78 is 29.2. The van der Waals surface area contributed by atoms with Gasteiger partial charge in [-0.25, -0.2) is 0 Å².